The number of rotatable bonds is 6. The summed E-state index contributed by atoms with van der Waals surface area (Å²) >= 11 is 4.92. The van der Waals surface area contributed by atoms with E-state index in [2.05, 4.69) is 27.3 Å². The number of likely N-dealkylation sites (tertiary alicyclic amines) is 1. The van der Waals surface area contributed by atoms with Gasteiger partial charge in [0, 0.05) is 35.4 Å². The number of carboxylic acid groups (broad SMARTS) is 1. The highest BCUT2D eigenvalue weighted by Gasteiger charge is 2.23. The van der Waals surface area contributed by atoms with Gasteiger partial charge in [-0.3, -0.25) is 0 Å². The summed E-state index contributed by atoms with van der Waals surface area (Å²) in [7, 11) is 1.40. The lowest BCUT2D eigenvalue weighted by Crippen LogP contribution is -2.42. The van der Waals surface area contributed by atoms with Gasteiger partial charge in [-0.05, 0) is 46.5 Å². The Morgan fingerprint density at radius 2 is 2.07 bits per heavy atom. The Bertz CT molecular complexity index is 849. The highest BCUT2D eigenvalue weighted by atomic mass is 79.9. The van der Waals surface area contributed by atoms with Gasteiger partial charge in [-0.2, -0.15) is 0 Å². The van der Waals surface area contributed by atoms with Crippen LogP contribution in [0.15, 0.2) is 34.8 Å². The number of thiophene rings is 1. The second-order valence-electron chi connectivity index (χ2n) is 6.38. The smallest absolute Gasteiger partial charge is 0.409 e. The van der Waals surface area contributed by atoms with Crippen LogP contribution in [-0.2, 0) is 9.53 Å². The molecule has 150 valence electrons. The second kappa shape index (κ2) is 9.29. The summed E-state index contributed by atoms with van der Waals surface area (Å²) in [6, 6.07) is 10.1. The Labute approximate surface area is 175 Å². The van der Waals surface area contributed by atoms with E-state index in [-0.39, 0.29) is 18.7 Å². The molecule has 7 nitrogen and oxygen atoms in total. The zero-order chi connectivity index (χ0) is 20.1. The van der Waals surface area contributed by atoms with Crippen LogP contribution >= 0.6 is 27.3 Å². The first-order valence-corrected chi connectivity index (χ1v) is 10.4. The summed E-state index contributed by atoms with van der Waals surface area (Å²) in [6.07, 6.45) is 1.44. The van der Waals surface area contributed by atoms with Crippen molar-refractivity contribution in [3.05, 3.63) is 34.8 Å². The molecule has 1 amide bonds. The number of hydrogen-bond acceptors (Lipinski definition) is 6. The van der Waals surface area contributed by atoms with E-state index in [4.69, 9.17) is 14.6 Å². The number of hydrogen-bond donors (Lipinski definition) is 2. The maximum atomic E-state index is 11.6. The predicted octanol–water partition coefficient (Wildman–Crippen LogP) is 4.28. The van der Waals surface area contributed by atoms with Crippen molar-refractivity contribution >= 4 is 45.0 Å². The number of halogens is 1. The maximum Gasteiger partial charge on any atom is 0.409 e. The molecule has 0 spiro atoms. The molecular weight excluding hydrogens is 448 g/mol. The van der Waals surface area contributed by atoms with Crippen LogP contribution in [0.1, 0.15) is 12.8 Å². The van der Waals surface area contributed by atoms with Gasteiger partial charge >= 0.3 is 12.1 Å². The molecule has 0 saturated carbocycles. The van der Waals surface area contributed by atoms with Crippen LogP contribution < -0.4 is 10.1 Å². The third-order valence-corrected chi connectivity index (χ3v) is 6.41. The molecule has 2 heterocycles. The minimum atomic E-state index is -1.00. The van der Waals surface area contributed by atoms with Gasteiger partial charge in [-0.25, -0.2) is 9.59 Å². The van der Waals surface area contributed by atoms with Crippen LogP contribution in [-0.4, -0.2) is 54.9 Å². The number of carboxylic acids is 1. The van der Waals surface area contributed by atoms with E-state index < -0.39 is 5.97 Å². The van der Waals surface area contributed by atoms with Gasteiger partial charge in [-0.15, -0.1) is 0 Å². The summed E-state index contributed by atoms with van der Waals surface area (Å²) < 4.78 is 10.9. The number of nitrogens with zero attached hydrogens (tertiary/aromatic N) is 1. The molecule has 0 atom stereocenters. The summed E-state index contributed by atoms with van der Waals surface area (Å²) in [4.78, 5) is 25.0. The molecule has 1 fully saturated rings. The molecule has 0 radical (unpaired) electrons. The quantitative estimate of drug-likeness (QED) is 0.657. The molecule has 1 aliphatic heterocycles. The predicted molar refractivity (Wildman–Crippen MR) is 111 cm³/mol. The average Bonchev–Trinajstić information content (AvgIpc) is 3.07. The molecule has 0 unspecified atom stereocenters. The minimum absolute atomic E-state index is 0.274. The first kappa shape index (κ1) is 20.5. The number of methoxy groups -OCH3 is 1. The van der Waals surface area contributed by atoms with Gasteiger partial charge < -0.3 is 24.8 Å². The normalized spacial score (nSPS) is 14.6. The molecule has 9 heteroatoms. The van der Waals surface area contributed by atoms with Crippen molar-refractivity contribution in [1.29, 1.82) is 0 Å². The van der Waals surface area contributed by atoms with Crippen molar-refractivity contribution in [2.75, 3.05) is 32.1 Å². The van der Waals surface area contributed by atoms with E-state index in [1.165, 1.54) is 18.4 Å². The molecule has 2 N–H and O–H groups in total. The number of carbonyl (C=O) groups is 2. The van der Waals surface area contributed by atoms with Crippen molar-refractivity contribution in [3.63, 3.8) is 0 Å². The highest BCUT2D eigenvalue weighted by molar-refractivity contribution is 9.10. The summed E-state index contributed by atoms with van der Waals surface area (Å²) in [5, 5.41) is 12.8. The molecule has 1 saturated heterocycles. The Balaban J connectivity index is 1.65. The summed E-state index contributed by atoms with van der Waals surface area (Å²) in [6.45, 7) is 0.980. The zero-order valence-corrected chi connectivity index (χ0v) is 17.7. The van der Waals surface area contributed by atoms with Crippen LogP contribution in [0.4, 0.5) is 10.5 Å². The van der Waals surface area contributed by atoms with Crippen molar-refractivity contribution in [3.8, 4) is 15.5 Å². The fraction of sp³-hybridized carbons (Fsp3) is 0.368. The highest BCUT2D eigenvalue weighted by Crippen LogP contribution is 2.41. The van der Waals surface area contributed by atoms with Crippen molar-refractivity contribution in [2.24, 2.45) is 0 Å². The fourth-order valence-electron chi connectivity index (χ4n) is 3.07. The number of ether oxygens (including phenoxy) is 2. The monoisotopic (exact) mass is 468 g/mol. The Morgan fingerprint density at radius 3 is 2.75 bits per heavy atom. The van der Waals surface area contributed by atoms with E-state index in [9.17, 15) is 9.59 Å². The first-order valence-electron chi connectivity index (χ1n) is 8.80. The minimum Gasteiger partial charge on any atom is -0.479 e. The van der Waals surface area contributed by atoms with Crippen LogP contribution in [0.5, 0.6) is 5.06 Å². The SMILES string of the molecule is COC(=O)N1CCC(Nc2cccc(-c3sc(OCC(=O)O)cc3Br)c2)CC1. The topological polar surface area (TPSA) is 88.1 Å². The van der Waals surface area contributed by atoms with Crippen LogP contribution in [0.2, 0.25) is 0 Å². The van der Waals surface area contributed by atoms with Gasteiger partial charge in [0.2, 0.25) is 0 Å². The zero-order valence-electron chi connectivity index (χ0n) is 15.3. The van der Waals surface area contributed by atoms with E-state index in [1.54, 1.807) is 11.0 Å². The van der Waals surface area contributed by atoms with E-state index >= 15 is 0 Å². The summed E-state index contributed by atoms with van der Waals surface area (Å²) in [5.41, 5.74) is 2.02. The Hall–Kier alpha value is -2.26. The third kappa shape index (κ3) is 5.17. The number of amides is 1. The fourth-order valence-corrected chi connectivity index (χ4v) is 4.80. The largest absolute Gasteiger partial charge is 0.479 e. The lowest BCUT2D eigenvalue weighted by molar-refractivity contribution is -0.139. The number of piperidine rings is 1. The molecule has 3 rings (SSSR count). The number of nitrogens with one attached hydrogen (secondary N) is 1. The van der Waals surface area contributed by atoms with E-state index in [0.717, 1.165) is 33.4 Å². The van der Waals surface area contributed by atoms with Gasteiger partial charge in [0.1, 0.15) is 0 Å². The lowest BCUT2D eigenvalue weighted by atomic mass is 10.0. The standard InChI is InChI=1S/C19H21BrN2O5S/c1-26-19(25)22-7-5-13(6-8-22)21-14-4-2-3-12(9-14)18-15(20)10-17(28-18)27-11-16(23)24/h2-4,9-10,13,21H,5-8,11H2,1H3,(H,23,24). The number of aliphatic carboxylic acids is 1. The first-order chi connectivity index (χ1) is 13.5. The molecule has 2 aromatic rings. The van der Waals surface area contributed by atoms with Crippen molar-refractivity contribution in [2.45, 2.75) is 18.9 Å². The number of anilines is 1. The molecule has 1 aromatic carbocycles. The molecule has 0 aliphatic carbocycles. The van der Waals surface area contributed by atoms with Crippen molar-refractivity contribution < 1.29 is 24.2 Å². The van der Waals surface area contributed by atoms with Crippen molar-refractivity contribution in [1.82, 2.24) is 4.90 Å². The van der Waals surface area contributed by atoms with Crippen LogP contribution in [0, 0.1) is 0 Å². The van der Waals surface area contributed by atoms with Crippen LogP contribution in [0.3, 0.4) is 0 Å². The van der Waals surface area contributed by atoms with E-state index in [1.807, 2.05) is 18.2 Å². The average molecular weight is 469 g/mol. The molecule has 1 aromatic heterocycles. The Morgan fingerprint density at radius 1 is 1.32 bits per heavy atom. The molecule has 28 heavy (non-hydrogen) atoms. The van der Waals surface area contributed by atoms with Gasteiger partial charge in [-0.1, -0.05) is 23.5 Å². The number of benzene rings is 1. The lowest BCUT2D eigenvalue weighted by Gasteiger charge is -2.31. The molecule has 0 bridgehead atoms. The van der Waals surface area contributed by atoms with Gasteiger partial charge in [0.15, 0.2) is 11.7 Å². The third-order valence-electron chi connectivity index (χ3n) is 4.43. The maximum absolute atomic E-state index is 11.6. The second-order valence-corrected chi connectivity index (χ2v) is 8.25. The molecule has 1 aliphatic rings. The van der Waals surface area contributed by atoms with Gasteiger partial charge in [0.25, 0.3) is 0 Å². The Kier molecular flexibility index (Phi) is 6.79. The van der Waals surface area contributed by atoms with Crippen LogP contribution in [0.25, 0.3) is 10.4 Å². The molecular formula is C19H21BrN2O5S. The van der Waals surface area contributed by atoms with Gasteiger partial charge in [0.05, 0.1) is 12.0 Å². The number of carbonyl (C=O) groups excluding carboxylic acids is 1. The van der Waals surface area contributed by atoms with E-state index in [0.29, 0.717) is 18.2 Å². The summed E-state index contributed by atoms with van der Waals surface area (Å²) in [5.74, 6) is -1.00.